The summed E-state index contributed by atoms with van der Waals surface area (Å²) in [7, 11) is 1.64. The van der Waals surface area contributed by atoms with Crippen molar-refractivity contribution >= 4 is 29.3 Å². The fourth-order valence-electron chi connectivity index (χ4n) is 2.38. The molecule has 1 aromatic carbocycles. The molecule has 1 atom stereocenters. The molecule has 21 heavy (non-hydrogen) atoms. The SMILES string of the molecule is COCC1CCN(C(=O)Nc2cc(Cl)cc(C(=O)O)c2)C1. The van der Waals surface area contributed by atoms with Crippen LogP contribution in [-0.2, 0) is 4.74 Å². The van der Waals surface area contributed by atoms with Crippen molar-refractivity contribution in [2.45, 2.75) is 6.42 Å². The van der Waals surface area contributed by atoms with Gasteiger partial charge < -0.3 is 20.1 Å². The number of benzene rings is 1. The first-order valence-corrected chi connectivity index (χ1v) is 6.96. The summed E-state index contributed by atoms with van der Waals surface area (Å²) in [6, 6.07) is 3.99. The number of rotatable bonds is 4. The maximum absolute atomic E-state index is 12.1. The number of carbonyl (C=O) groups excluding carboxylic acids is 1. The van der Waals surface area contributed by atoms with Gasteiger partial charge in [0.25, 0.3) is 0 Å². The van der Waals surface area contributed by atoms with Gasteiger partial charge in [0.2, 0.25) is 0 Å². The van der Waals surface area contributed by atoms with Crippen molar-refractivity contribution in [3.63, 3.8) is 0 Å². The number of aromatic carboxylic acids is 1. The second-order valence-corrected chi connectivity index (χ2v) is 5.46. The molecule has 0 aliphatic carbocycles. The number of ether oxygens (including phenoxy) is 1. The van der Waals surface area contributed by atoms with Crippen LogP contribution < -0.4 is 5.32 Å². The van der Waals surface area contributed by atoms with E-state index in [-0.39, 0.29) is 16.6 Å². The van der Waals surface area contributed by atoms with E-state index >= 15 is 0 Å². The van der Waals surface area contributed by atoms with Gasteiger partial charge in [-0.25, -0.2) is 9.59 Å². The number of nitrogens with one attached hydrogen (secondary N) is 1. The van der Waals surface area contributed by atoms with Crippen molar-refractivity contribution < 1.29 is 19.4 Å². The molecule has 1 aliphatic rings. The molecule has 7 heteroatoms. The number of carboxylic acid groups (broad SMARTS) is 1. The van der Waals surface area contributed by atoms with Crippen LogP contribution in [0, 0.1) is 5.92 Å². The average molecular weight is 313 g/mol. The van der Waals surface area contributed by atoms with Gasteiger partial charge in [-0.15, -0.1) is 0 Å². The third-order valence-corrected chi connectivity index (χ3v) is 3.59. The maximum atomic E-state index is 12.1. The molecule has 1 fully saturated rings. The largest absolute Gasteiger partial charge is 0.478 e. The van der Waals surface area contributed by atoms with Crippen molar-refractivity contribution in [3.05, 3.63) is 28.8 Å². The zero-order valence-electron chi connectivity index (χ0n) is 11.6. The van der Waals surface area contributed by atoms with Crippen LogP contribution in [-0.4, -0.2) is 48.8 Å². The van der Waals surface area contributed by atoms with E-state index in [2.05, 4.69) is 5.32 Å². The lowest BCUT2D eigenvalue weighted by molar-refractivity contribution is 0.0697. The molecule has 1 saturated heterocycles. The van der Waals surface area contributed by atoms with E-state index < -0.39 is 5.97 Å². The van der Waals surface area contributed by atoms with Crippen LogP contribution in [0.2, 0.25) is 5.02 Å². The van der Waals surface area contributed by atoms with E-state index in [1.54, 1.807) is 12.0 Å². The molecular formula is C14H17ClN2O4. The number of amides is 2. The summed E-state index contributed by atoms with van der Waals surface area (Å²) < 4.78 is 5.09. The number of nitrogens with zero attached hydrogens (tertiary/aromatic N) is 1. The highest BCUT2D eigenvalue weighted by Gasteiger charge is 2.26. The van der Waals surface area contributed by atoms with Crippen molar-refractivity contribution in [2.24, 2.45) is 5.92 Å². The normalized spacial score (nSPS) is 17.8. The van der Waals surface area contributed by atoms with Crippen LogP contribution in [0.3, 0.4) is 0 Å². The molecule has 0 radical (unpaired) electrons. The summed E-state index contributed by atoms with van der Waals surface area (Å²) in [6.45, 7) is 1.92. The maximum Gasteiger partial charge on any atom is 0.335 e. The standard InChI is InChI=1S/C14H17ClN2O4/c1-21-8-9-2-3-17(7-9)14(20)16-12-5-10(13(18)19)4-11(15)6-12/h4-6,9H,2-3,7-8H2,1H3,(H,16,20)(H,18,19). The topological polar surface area (TPSA) is 78.9 Å². The molecule has 0 bridgehead atoms. The monoisotopic (exact) mass is 312 g/mol. The Labute approximate surface area is 127 Å². The third-order valence-electron chi connectivity index (χ3n) is 3.37. The number of methoxy groups -OCH3 is 1. The molecule has 2 rings (SSSR count). The number of hydrogen-bond donors (Lipinski definition) is 2. The minimum atomic E-state index is -1.09. The van der Waals surface area contributed by atoms with Gasteiger partial charge in [0, 0.05) is 36.8 Å². The summed E-state index contributed by atoms with van der Waals surface area (Å²) >= 11 is 5.86. The Balaban J connectivity index is 2.01. The molecule has 2 N–H and O–H groups in total. The quantitative estimate of drug-likeness (QED) is 0.895. The summed E-state index contributed by atoms with van der Waals surface area (Å²) in [4.78, 5) is 24.8. The Morgan fingerprint density at radius 3 is 2.90 bits per heavy atom. The first kappa shape index (κ1) is 15.6. The molecule has 0 spiro atoms. The zero-order valence-corrected chi connectivity index (χ0v) is 12.4. The van der Waals surface area contributed by atoms with E-state index in [4.69, 9.17) is 21.4 Å². The van der Waals surface area contributed by atoms with E-state index in [0.717, 1.165) is 6.42 Å². The van der Waals surface area contributed by atoms with E-state index in [9.17, 15) is 9.59 Å². The fraction of sp³-hybridized carbons (Fsp3) is 0.429. The van der Waals surface area contributed by atoms with Crippen LogP contribution in [0.4, 0.5) is 10.5 Å². The van der Waals surface area contributed by atoms with E-state index in [1.165, 1.54) is 18.2 Å². The number of halogens is 1. The van der Waals surface area contributed by atoms with Crippen molar-refractivity contribution in [3.8, 4) is 0 Å². The van der Waals surface area contributed by atoms with Gasteiger partial charge in [0.15, 0.2) is 0 Å². The van der Waals surface area contributed by atoms with Gasteiger partial charge >= 0.3 is 12.0 Å². The number of hydrogen-bond acceptors (Lipinski definition) is 3. The molecule has 2 amide bonds. The van der Waals surface area contributed by atoms with Crippen molar-refractivity contribution in [1.82, 2.24) is 4.90 Å². The number of anilines is 1. The minimum Gasteiger partial charge on any atom is -0.478 e. The Bertz CT molecular complexity index is 550. The second-order valence-electron chi connectivity index (χ2n) is 5.02. The number of carboxylic acids is 1. The van der Waals surface area contributed by atoms with Gasteiger partial charge in [-0.05, 0) is 24.6 Å². The summed E-state index contributed by atoms with van der Waals surface area (Å²) in [5.74, 6) is -0.746. The average Bonchev–Trinajstić information content (AvgIpc) is 2.87. The number of carbonyl (C=O) groups is 2. The van der Waals surface area contributed by atoms with Gasteiger partial charge in [-0.1, -0.05) is 11.6 Å². The smallest absolute Gasteiger partial charge is 0.335 e. The molecular weight excluding hydrogens is 296 g/mol. The second kappa shape index (κ2) is 6.78. The molecule has 0 saturated carbocycles. The lowest BCUT2D eigenvalue weighted by Gasteiger charge is -2.17. The van der Waals surface area contributed by atoms with Crippen LogP contribution in [0.15, 0.2) is 18.2 Å². The van der Waals surface area contributed by atoms with Gasteiger partial charge in [0.1, 0.15) is 0 Å². The Hall–Kier alpha value is -1.79. The predicted molar refractivity (Wildman–Crippen MR) is 79.0 cm³/mol. The predicted octanol–water partition coefficient (Wildman–Crippen LogP) is 2.54. The van der Waals surface area contributed by atoms with E-state index in [1.807, 2.05) is 0 Å². The number of urea groups is 1. The summed E-state index contributed by atoms with van der Waals surface area (Å²) in [5.41, 5.74) is 0.413. The van der Waals surface area contributed by atoms with E-state index in [0.29, 0.717) is 31.3 Å². The minimum absolute atomic E-state index is 0.0384. The van der Waals surface area contributed by atoms with Gasteiger partial charge in [0.05, 0.1) is 12.2 Å². The molecule has 1 heterocycles. The Kier molecular flexibility index (Phi) is 5.03. The first-order valence-electron chi connectivity index (χ1n) is 6.58. The van der Waals surface area contributed by atoms with Crippen LogP contribution >= 0.6 is 11.6 Å². The van der Waals surface area contributed by atoms with Crippen LogP contribution in [0.25, 0.3) is 0 Å². The highest BCUT2D eigenvalue weighted by atomic mass is 35.5. The molecule has 1 unspecified atom stereocenters. The summed E-state index contributed by atoms with van der Waals surface area (Å²) in [5, 5.41) is 11.9. The van der Waals surface area contributed by atoms with Gasteiger partial charge in [-0.2, -0.15) is 0 Å². The van der Waals surface area contributed by atoms with Crippen LogP contribution in [0.1, 0.15) is 16.8 Å². The lowest BCUT2D eigenvalue weighted by Crippen LogP contribution is -2.33. The van der Waals surface area contributed by atoms with Crippen LogP contribution in [0.5, 0.6) is 0 Å². The third kappa shape index (κ3) is 4.09. The first-order chi connectivity index (χ1) is 9.99. The molecule has 1 aromatic rings. The lowest BCUT2D eigenvalue weighted by atomic mass is 10.1. The Morgan fingerprint density at radius 1 is 1.48 bits per heavy atom. The molecule has 1 aliphatic heterocycles. The molecule has 114 valence electrons. The highest BCUT2D eigenvalue weighted by Crippen LogP contribution is 2.21. The molecule has 0 aromatic heterocycles. The summed E-state index contributed by atoms with van der Waals surface area (Å²) in [6.07, 6.45) is 0.900. The Morgan fingerprint density at radius 2 is 2.24 bits per heavy atom. The fourth-order valence-corrected chi connectivity index (χ4v) is 2.61. The van der Waals surface area contributed by atoms with Gasteiger partial charge in [-0.3, -0.25) is 0 Å². The van der Waals surface area contributed by atoms with Crippen molar-refractivity contribution in [1.29, 1.82) is 0 Å². The highest BCUT2D eigenvalue weighted by molar-refractivity contribution is 6.31. The molecule has 6 nitrogen and oxygen atoms in total. The number of likely N-dealkylation sites (tertiary alicyclic amines) is 1. The zero-order chi connectivity index (χ0) is 15.4. The van der Waals surface area contributed by atoms with Crippen molar-refractivity contribution in [2.75, 3.05) is 32.1 Å².